The van der Waals surface area contributed by atoms with Crippen LogP contribution in [0.15, 0.2) is 46.7 Å². The van der Waals surface area contributed by atoms with Gasteiger partial charge in [0.1, 0.15) is 11.3 Å². The number of benzene rings is 1. The van der Waals surface area contributed by atoms with Crippen molar-refractivity contribution in [2.24, 2.45) is 4.99 Å². The summed E-state index contributed by atoms with van der Waals surface area (Å²) in [4.78, 5) is 27.6. The highest BCUT2D eigenvalue weighted by atomic mass is 16.5. The minimum absolute atomic E-state index is 0.121. The minimum atomic E-state index is -0.754. The highest BCUT2D eigenvalue weighted by molar-refractivity contribution is 6.23. The van der Waals surface area contributed by atoms with Gasteiger partial charge in [0, 0.05) is 0 Å². The van der Waals surface area contributed by atoms with E-state index in [1.54, 1.807) is 0 Å². The van der Waals surface area contributed by atoms with Crippen LogP contribution in [0.2, 0.25) is 0 Å². The minimum Gasteiger partial charge on any atom is -0.512 e. The van der Waals surface area contributed by atoms with Crippen LogP contribution in [0.1, 0.15) is 18.9 Å². The van der Waals surface area contributed by atoms with Crippen LogP contribution in [-0.2, 0) is 25.6 Å². The Labute approximate surface area is 129 Å². The molecule has 1 aromatic carbocycles. The highest BCUT2D eigenvalue weighted by Gasteiger charge is 2.22. The molecule has 0 saturated heterocycles. The van der Waals surface area contributed by atoms with Crippen molar-refractivity contribution in [2.45, 2.75) is 19.9 Å². The SMILES string of the molecule is COC(=O)CC(=NCc1ccccc1)/C(C(=O)OC)=C(/C)O. The normalized spacial score (nSPS) is 12.4. The van der Waals surface area contributed by atoms with Crippen LogP contribution in [0, 0.1) is 0 Å². The number of methoxy groups -OCH3 is 2. The molecule has 0 spiro atoms. The van der Waals surface area contributed by atoms with Gasteiger partial charge in [0.05, 0.1) is 32.9 Å². The fourth-order valence-electron chi connectivity index (χ4n) is 1.78. The van der Waals surface area contributed by atoms with Gasteiger partial charge in [-0.15, -0.1) is 0 Å². The summed E-state index contributed by atoms with van der Waals surface area (Å²) in [6.07, 6.45) is -0.230. The van der Waals surface area contributed by atoms with Gasteiger partial charge in [0.2, 0.25) is 0 Å². The molecule has 1 N–H and O–H groups in total. The van der Waals surface area contributed by atoms with Crippen LogP contribution < -0.4 is 0 Å². The van der Waals surface area contributed by atoms with Crippen molar-refractivity contribution < 1.29 is 24.2 Å². The highest BCUT2D eigenvalue weighted by Crippen LogP contribution is 2.12. The number of ether oxygens (including phenoxy) is 2. The maximum atomic E-state index is 11.8. The number of carbonyl (C=O) groups excluding carboxylic acids is 2. The van der Waals surface area contributed by atoms with E-state index in [0.717, 1.165) is 5.56 Å². The van der Waals surface area contributed by atoms with E-state index in [9.17, 15) is 14.7 Å². The molecule has 0 radical (unpaired) electrons. The molecule has 0 aliphatic carbocycles. The molecule has 0 aromatic heterocycles. The molecule has 0 aliphatic rings. The molecule has 22 heavy (non-hydrogen) atoms. The Morgan fingerprint density at radius 1 is 1.14 bits per heavy atom. The topological polar surface area (TPSA) is 85.2 Å². The van der Waals surface area contributed by atoms with Crippen LogP contribution in [0.4, 0.5) is 0 Å². The van der Waals surface area contributed by atoms with Crippen molar-refractivity contribution in [3.8, 4) is 0 Å². The summed E-state index contributed by atoms with van der Waals surface area (Å²) in [7, 11) is 2.43. The van der Waals surface area contributed by atoms with E-state index in [4.69, 9.17) is 0 Å². The molecule has 0 heterocycles. The summed E-state index contributed by atoms with van der Waals surface area (Å²) >= 11 is 0. The Morgan fingerprint density at radius 3 is 2.27 bits per heavy atom. The van der Waals surface area contributed by atoms with Gasteiger partial charge in [-0.05, 0) is 12.5 Å². The number of hydrogen-bond donors (Lipinski definition) is 1. The lowest BCUT2D eigenvalue weighted by molar-refractivity contribution is -0.139. The Bertz CT molecular complexity index is 586. The van der Waals surface area contributed by atoms with Gasteiger partial charge in [-0.1, -0.05) is 30.3 Å². The third-order valence-electron chi connectivity index (χ3n) is 2.87. The van der Waals surface area contributed by atoms with E-state index >= 15 is 0 Å². The number of aliphatic hydroxyl groups excluding tert-OH is 1. The summed E-state index contributed by atoms with van der Waals surface area (Å²) in [5, 5.41) is 9.71. The summed E-state index contributed by atoms with van der Waals surface area (Å²) in [5.74, 6) is -1.58. The number of esters is 2. The number of aliphatic imine (C=N–C) groups is 1. The zero-order valence-corrected chi connectivity index (χ0v) is 12.8. The van der Waals surface area contributed by atoms with Gasteiger partial charge in [0.15, 0.2) is 0 Å². The molecule has 1 rings (SSSR count). The molecule has 1 aromatic rings. The second-order valence-corrected chi connectivity index (χ2v) is 4.45. The summed E-state index contributed by atoms with van der Waals surface area (Å²) in [6.45, 7) is 1.60. The van der Waals surface area contributed by atoms with Crippen molar-refractivity contribution in [3.63, 3.8) is 0 Å². The summed E-state index contributed by atoms with van der Waals surface area (Å²) in [6, 6.07) is 9.33. The van der Waals surface area contributed by atoms with Gasteiger partial charge in [-0.25, -0.2) is 4.79 Å². The lowest BCUT2D eigenvalue weighted by Gasteiger charge is -2.10. The molecule has 0 unspecified atom stereocenters. The van der Waals surface area contributed by atoms with Crippen molar-refractivity contribution in [1.29, 1.82) is 0 Å². The predicted molar refractivity (Wildman–Crippen MR) is 81.6 cm³/mol. The Morgan fingerprint density at radius 2 is 1.77 bits per heavy atom. The zero-order chi connectivity index (χ0) is 16.5. The molecule has 0 saturated carbocycles. The van der Waals surface area contributed by atoms with Gasteiger partial charge in [0.25, 0.3) is 0 Å². The number of aliphatic hydroxyl groups is 1. The van der Waals surface area contributed by atoms with Crippen molar-refractivity contribution in [2.75, 3.05) is 14.2 Å². The maximum absolute atomic E-state index is 11.8. The van der Waals surface area contributed by atoms with Crippen LogP contribution >= 0.6 is 0 Å². The van der Waals surface area contributed by atoms with E-state index in [0.29, 0.717) is 0 Å². The largest absolute Gasteiger partial charge is 0.512 e. The number of hydrogen-bond acceptors (Lipinski definition) is 6. The first-order chi connectivity index (χ1) is 10.5. The Balaban J connectivity index is 3.14. The Kier molecular flexibility index (Phi) is 6.82. The monoisotopic (exact) mass is 305 g/mol. The Hall–Kier alpha value is -2.63. The van der Waals surface area contributed by atoms with E-state index in [1.807, 2.05) is 30.3 Å². The maximum Gasteiger partial charge on any atom is 0.343 e. The molecule has 0 amide bonds. The fourth-order valence-corrected chi connectivity index (χ4v) is 1.78. The average molecular weight is 305 g/mol. The standard InChI is InChI=1S/C16H19NO5/c1-11(18)15(16(20)22-3)13(9-14(19)21-2)17-10-12-7-5-4-6-8-12/h4-8,18H,9-10H2,1-3H3/b15-11+,17-13?. The van der Waals surface area contributed by atoms with Gasteiger partial charge < -0.3 is 14.6 Å². The number of allylic oxidation sites excluding steroid dienone is 1. The van der Waals surface area contributed by atoms with E-state index in [1.165, 1.54) is 21.1 Å². The quantitative estimate of drug-likeness (QED) is 0.377. The molecular weight excluding hydrogens is 286 g/mol. The smallest absolute Gasteiger partial charge is 0.343 e. The molecule has 6 nitrogen and oxygen atoms in total. The number of rotatable bonds is 6. The van der Waals surface area contributed by atoms with Crippen molar-refractivity contribution in [1.82, 2.24) is 0 Å². The van der Waals surface area contributed by atoms with Crippen LogP contribution in [0.3, 0.4) is 0 Å². The second-order valence-electron chi connectivity index (χ2n) is 4.45. The zero-order valence-electron chi connectivity index (χ0n) is 12.8. The van der Waals surface area contributed by atoms with Gasteiger partial charge in [-0.3, -0.25) is 9.79 Å². The summed E-state index contributed by atoms with van der Waals surface area (Å²) < 4.78 is 9.23. The summed E-state index contributed by atoms with van der Waals surface area (Å²) in [5.41, 5.74) is 0.913. The molecule has 6 heteroatoms. The third-order valence-corrected chi connectivity index (χ3v) is 2.87. The van der Waals surface area contributed by atoms with Crippen LogP contribution in [-0.4, -0.2) is 37.0 Å². The predicted octanol–water partition coefficient (Wildman–Crippen LogP) is 2.20. The van der Waals surface area contributed by atoms with Gasteiger partial charge in [-0.2, -0.15) is 0 Å². The van der Waals surface area contributed by atoms with Crippen molar-refractivity contribution >= 4 is 17.7 Å². The van der Waals surface area contributed by atoms with E-state index in [2.05, 4.69) is 14.5 Å². The second kappa shape index (κ2) is 8.61. The van der Waals surface area contributed by atoms with Gasteiger partial charge >= 0.3 is 11.9 Å². The molecule has 0 aliphatic heterocycles. The fraction of sp³-hybridized carbons (Fsp3) is 0.312. The third kappa shape index (κ3) is 5.05. The molecule has 0 atom stereocenters. The van der Waals surface area contributed by atoms with E-state index in [-0.39, 0.29) is 30.0 Å². The first-order valence-corrected chi connectivity index (χ1v) is 6.62. The molecule has 0 fully saturated rings. The molecule has 0 bridgehead atoms. The molecular formula is C16H19NO5. The average Bonchev–Trinajstić information content (AvgIpc) is 2.52. The van der Waals surface area contributed by atoms with E-state index < -0.39 is 11.9 Å². The number of nitrogens with zero attached hydrogens (tertiary/aromatic N) is 1. The van der Waals surface area contributed by atoms with Crippen molar-refractivity contribution in [3.05, 3.63) is 47.2 Å². The first-order valence-electron chi connectivity index (χ1n) is 6.62. The van der Waals surface area contributed by atoms with Crippen LogP contribution in [0.25, 0.3) is 0 Å². The lowest BCUT2D eigenvalue weighted by atomic mass is 10.1. The number of carbonyl (C=O) groups is 2. The first kappa shape index (κ1) is 17.4. The lowest BCUT2D eigenvalue weighted by Crippen LogP contribution is -2.20. The molecule has 118 valence electrons. The van der Waals surface area contributed by atoms with Crippen LogP contribution in [0.5, 0.6) is 0 Å².